The van der Waals surface area contributed by atoms with Gasteiger partial charge in [0.25, 0.3) is 0 Å². The van der Waals surface area contributed by atoms with Crippen LogP contribution in [-0.2, 0) is 19.1 Å². The zero-order chi connectivity index (χ0) is 15.0. The molecule has 0 aromatic carbocycles. The summed E-state index contributed by atoms with van der Waals surface area (Å²) in [6.07, 6.45) is 0. The third-order valence-corrected chi connectivity index (χ3v) is 1.32. The summed E-state index contributed by atoms with van der Waals surface area (Å²) in [4.78, 5) is 21.5. The lowest BCUT2D eigenvalue weighted by molar-refractivity contribution is -0.158. The highest BCUT2D eigenvalue weighted by molar-refractivity contribution is 15.0. The maximum absolute atomic E-state index is 10.8. The van der Waals surface area contributed by atoms with E-state index in [1.54, 1.807) is 27.7 Å². The lowest BCUT2D eigenvalue weighted by Crippen LogP contribution is -2.28. The van der Waals surface area contributed by atoms with Crippen LogP contribution in [0.1, 0.15) is 41.5 Å². The van der Waals surface area contributed by atoms with E-state index in [0.717, 1.165) is 0 Å². The Kier molecular flexibility index (Phi) is 10.2. The summed E-state index contributed by atoms with van der Waals surface area (Å²) in [6.45, 7) is 8.91. The van der Waals surface area contributed by atoms with Crippen LogP contribution in [0.15, 0.2) is 10.2 Å². The highest BCUT2D eigenvalue weighted by Crippen LogP contribution is 2.18. The number of hydrogen-bond acceptors (Lipinski definition) is 6. The van der Waals surface area contributed by atoms with E-state index in [1.807, 2.05) is 0 Å². The van der Waals surface area contributed by atoms with Gasteiger partial charge in [0.15, 0.2) is 0 Å². The maximum atomic E-state index is 10.8. The average Bonchev–Trinajstić information content (AvgIpc) is 2.14. The first kappa shape index (κ1) is 20.3. The molecule has 0 saturated carbocycles. The van der Waals surface area contributed by atoms with Gasteiger partial charge in [-0.15, -0.1) is 10.2 Å². The fourth-order valence-electron chi connectivity index (χ4n) is 0.985. The summed E-state index contributed by atoms with van der Waals surface area (Å²) < 4.78 is 9.80. The second kappa shape index (κ2) is 8.99. The monoisotopic (exact) mass is 484 g/mol. The van der Waals surface area contributed by atoms with Gasteiger partial charge in [-0.2, -0.15) is 0 Å². The van der Waals surface area contributed by atoms with Gasteiger partial charge in [-0.3, -0.25) is 9.59 Å². The third kappa shape index (κ3) is 12.5. The molecule has 0 atom stereocenters. The van der Waals surface area contributed by atoms with E-state index in [1.165, 1.54) is 13.8 Å². The largest absolute Gasteiger partial charge is 0.436 e. The molecule has 106 valence electrons. The third-order valence-electron chi connectivity index (χ3n) is 1.32. The van der Waals surface area contributed by atoms with E-state index in [0.29, 0.717) is 0 Å². The predicted octanol–water partition coefficient (Wildman–Crippen LogP) is 3.81. The maximum Gasteiger partial charge on any atom is 0.304 e. The predicted molar refractivity (Wildman–Crippen MR) is 84.6 cm³/mol. The van der Waals surface area contributed by atoms with Crippen LogP contribution in [-0.4, -0.2) is 23.4 Å². The number of carbonyl (C=O) groups excluding carboxylic acids is 2. The summed E-state index contributed by atoms with van der Waals surface area (Å²) in [5, 5.41) is 7.65. The molecule has 8 heteroatoms. The molecule has 0 saturated heterocycles. The lowest BCUT2D eigenvalue weighted by Gasteiger charge is -2.22. The Labute approximate surface area is 131 Å². The molecule has 0 aliphatic rings. The van der Waals surface area contributed by atoms with Gasteiger partial charge in [0.05, 0.1) is 0 Å². The minimum absolute atomic E-state index is 0.450. The Morgan fingerprint density at radius 1 is 0.833 bits per heavy atom. The Hall–Kier alpha value is 0.000000000000000222. The molecule has 0 spiro atoms. The highest BCUT2D eigenvalue weighted by Gasteiger charge is 2.25. The van der Waals surface area contributed by atoms with Crippen LogP contribution in [0.4, 0.5) is 0 Å². The van der Waals surface area contributed by atoms with Gasteiger partial charge in [0.2, 0.25) is 11.4 Å². The van der Waals surface area contributed by atoms with Crippen LogP contribution < -0.4 is 0 Å². The van der Waals surface area contributed by atoms with Gasteiger partial charge in [0.1, 0.15) is 0 Å². The van der Waals surface area contributed by atoms with Crippen molar-refractivity contribution in [2.24, 2.45) is 10.2 Å². The molecule has 0 aromatic rings. The topological polar surface area (TPSA) is 77.3 Å². The number of hydrogen-bond donors (Lipinski definition) is 0. The van der Waals surface area contributed by atoms with E-state index < -0.39 is 23.4 Å². The van der Waals surface area contributed by atoms with Crippen LogP contribution >= 0.6 is 37.2 Å². The first-order valence-corrected chi connectivity index (χ1v) is 11.3. The Bertz CT molecular complexity index is 287. The minimum Gasteiger partial charge on any atom is -0.436 e. The molecule has 0 heterocycles. The SMILES string of the molecule is CC(=O)OC(C)(C)N=NC(C)(C)OC(C)=O.II. The molecule has 18 heavy (non-hydrogen) atoms. The van der Waals surface area contributed by atoms with Crippen molar-refractivity contribution < 1.29 is 19.1 Å². The number of nitrogens with zero attached hydrogens (tertiary/aromatic N) is 2. The molecule has 0 unspecified atom stereocenters. The van der Waals surface area contributed by atoms with Crippen LogP contribution in [0, 0.1) is 0 Å². The van der Waals surface area contributed by atoms with E-state index in [-0.39, 0.29) is 0 Å². The molecule has 0 radical (unpaired) electrons. The van der Waals surface area contributed by atoms with Crippen molar-refractivity contribution in [2.75, 3.05) is 0 Å². The smallest absolute Gasteiger partial charge is 0.304 e. The van der Waals surface area contributed by atoms with Crippen LogP contribution in [0.5, 0.6) is 0 Å². The molecule has 0 aromatic heterocycles. The fourth-order valence-corrected chi connectivity index (χ4v) is 0.985. The van der Waals surface area contributed by atoms with Crippen molar-refractivity contribution in [1.29, 1.82) is 0 Å². The number of esters is 2. The molecule has 0 N–H and O–H groups in total. The zero-order valence-corrected chi connectivity index (χ0v) is 15.6. The second-order valence-corrected chi connectivity index (χ2v) is 4.28. The molecular formula is C10H18I2N2O4. The molecule has 0 rings (SSSR count). The molecule has 0 aliphatic carbocycles. The molecule has 0 bridgehead atoms. The van der Waals surface area contributed by atoms with Gasteiger partial charge < -0.3 is 9.47 Å². The summed E-state index contributed by atoms with van der Waals surface area (Å²) in [5.74, 6) is -0.900. The minimum atomic E-state index is -1.07. The Balaban J connectivity index is 0. The van der Waals surface area contributed by atoms with E-state index in [9.17, 15) is 9.59 Å². The van der Waals surface area contributed by atoms with E-state index in [2.05, 4.69) is 47.5 Å². The summed E-state index contributed by atoms with van der Waals surface area (Å²) in [5.41, 5.74) is -2.13. The van der Waals surface area contributed by atoms with E-state index >= 15 is 0 Å². The van der Waals surface area contributed by atoms with Crippen molar-refractivity contribution >= 4 is 49.2 Å². The number of azo groups is 1. The quantitative estimate of drug-likeness (QED) is 0.346. The van der Waals surface area contributed by atoms with Crippen molar-refractivity contribution in [3.8, 4) is 0 Å². The standard InChI is InChI=1S/C10H18N2O4.I2/c1-7(13)15-9(3,4)11-12-10(5,6)16-8(2)14;1-2/h1-6H3;. The number of halogens is 2. The summed E-state index contributed by atoms with van der Waals surface area (Å²) in [7, 11) is 0. The molecule has 0 aliphatic heterocycles. The first-order chi connectivity index (χ1) is 8.04. The lowest BCUT2D eigenvalue weighted by atomic mass is 10.3. The van der Waals surface area contributed by atoms with Gasteiger partial charge in [0, 0.05) is 51.1 Å². The van der Waals surface area contributed by atoms with Crippen molar-refractivity contribution in [3.63, 3.8) is 0 Å². The van der Waals surface area contributed by atoms with Crippen LogP contribution in [0.2, 0.25) is 0 Å². The molecular weight excluding hydrogens is 466 g/mol. The number of ether oxygens (including phenoxy) is 2. The van der Waals surface area contributed by atoms with Gasteiger partial charge >= 0.3 is 11.9 Å². The Morgan fingerprint density at radius 3 is 1.22 bits per heavy atom. The number of rotatable bonds is 4. The normalized spacial score (nSPS) is 11.6. The second-order valence-electron chi connectivity index (χ2n) is 4.28. The van der Waals surface area contributed by atoms with E-state index in [4.69, 9.17) is 9.47 Å². The van der Waals surface area contributed by atoms with Crippen molar-refractivity contribution in [3.05, 3.63) is 0 Å². The number of carbonyl (C=O) groups is 2. The van der Waals surface area contributed by atoms with Crippen LogP contribution in [0.3, 0.4) is 0 Å². The van der Waals surface area contributed by atoms with Crippen LogP contribution in [0.25, 0.3) is 0 Å². The first-order valence-electron chi connectivity index (χ1n) is 5.01. The Morgan fingerprint density at radius 2 is 1.06 bits per heavy atom. The summed E-state index contributed by atoms with van der Waals surface area (Å²) >= 11 is 4.24. The average molecular weight is 484 g/mol. The van der Waals surface area contributed by atoms with Crippen molar-refractivity contribution in [2.45, 2.75) is 53.0 Å². The van der Waals surface area contributed by atoms with Gasteiger partial charge in [-0.25, -0.2) is 0 Å². The molecule has 0 amide bonds. The zero-order valence-electron chi connectivity index (χ0n) is 11.3. The molecule has 0 fully saturated rings. The van der Waals surface area contributed by atoms with Gasteiger partial charge in [-0.05, 0) is 27.7 Å². The summed E-state index contributed by atoms with van der Waals surface area (Å²) in [6, 6.07) is 0. The molecule has 6 nitrogen and oxygen atoms in total. The van der Waals surface area contributed by atoms with Gasteiger partial charge in [-0.1, -0.05) is 0 Å². The fraction of sp³-hybridized carbons (Fsp3) is 0.800. The highest BCUT2D eigenvalue weighted by atomic mass is 128. The van der Waals surface area contributed by atoms with Crippen molar-refractivity contribution in [1.82, 2.24) is 0 Å².